The van der Waals surface area contributed by atoms with Gasteiger partial charge in [-0.15, -0.1) is 0 Å². The number of carbonyl (C=O) groups is 2. The molecular weight excluding hydrogens is 557 g/mol. The van der Waals surface area contributed by atoms with Crippen LogP contribution in [0.1, 0.15) is 37.9 Å². The molecule has 0 bridgehead atoms. The predicted molar refractivity (Wildman–Crippen MR) is 154 cm³/mol. The van der Waals surface area contributed by atoms with Crippen LogP contribution < -0.4 is 23.8 Å². The van der Waals surface area contributed by atoms with Crippen molar-refractivity contribution in [3.63, 3.8) is 0 Å². The van der Waals surface area contributed by atoms with Gasteiger partial charge in [-0.1, -0.05) is 35.3 Å². The molecular formula is C30H29Cl2NO7. The molecule has 1 heterocycles. The molecule has 1 saturated heterocycles. The molecule has 0 radical (unpaired) electrons. The lowest BCUT2D eigenvalue weighted by molar-refractivity contribution is -0.132. The summed E-state index contributed by atoms with van der Waals surface area (Å²) in [5, 5.41) is 11.7. The molecule has 10 heteroatoms. The van der Waals surface area contributed by atoms with E-state index in [1.807, 2.05) is 20.8 Å². The van der Waals surface area contributed by atoms with Crippen molar-refractivity contribution in [2.45, 2.75) is 32.9 Å². The molecule has 8 nitrogen and oxygen atoms in total. The van der Waals surface area contributed by atoms with Gasteiger partial charge in [0.2, 0.25) is 0 Å². The summed E-state index contributed by atoms with van der Waals surface area (Å²) in [4.78, 5) is 28.5. The van der Waals surface area contributed by atoms with E-state index in [4.69, 9.17) is 42.1 Å². The predicted octanol–water partition coefficient (Wildman–Crippen LogP) is 6.82. The summed E-state index contributed by atoms with van der Waals surface area (Å²) in [6.45, 7) is 6.12. The molecule has 3 aromatic carbocycles. The van der Waals surface area contributed by atoms with Crippen LogP contribution in [0.4, 0.5) is 5.69 Å². The van der Waals surface area contributed by atoms with Crippen LogP contribution in [0.15, 0.2) is 60.2 Å². The first-order valence-corrected chi connectivity index (χ1v) is 13.3. The Labute approximate surface area is 242 Å². The highest BCUT2D eigenvalue weighted by Gasteiger charge is 2.47. The van der Waals surface area contributed by atoms with E-state index in [-0.39, 0.29) is 38.8 Å². The zero-order chi connectivity index (χ0) is 29.1. The molecule has 210 valence electrons. The Hall–Kier alpha value is -3.88. The molecule has 1 aliphatic heterocycles. The summed E-state index contributed by atoms with van der Waals surface area (Å²) in [5.41, 5.74) is 0.832. The number of ether oxygens (including phenoxy) is 4. The van der Waals surface area contributed by atoms with Gasteiger partial charge in [-0.3, -0.25) is 14.5 Å². The van der Waals surface area contributed by atoms with E-state index in [9.17, 15) is 14.7 Å². The van der Waals surface area contributed by atoms with Crippen LogP contribution in [0, 0.1) is 0 Å². The maximum Gasteiger partial charge on any atom is 0.300 e. The Morgan fingerprint density at radius 3 is 2.25 bits per heavy atom. The third kappa shape index (κ3) is 5.42. The minimum Gasteiger partial charge on any atom is -0.507 e. The van der Waals surface area contributed by atoms with Crippen molar-refractivity contribution in [3.05, 3.63) is 81.3 Å². The summed E-state index contributed by atoms with van der Waals surface area (Å²) >= 11 is 12.8. The van der Waals surface area contributed by atoms with Gasteiger partial charge < -0.3 is 24.1 Å². The van der Waals surface area contributed by atoms with Crippen molar-refractivity contribution in [2.75, 3.05) is 25.7 Å². The maximum atomic E-state index is 13.6. The molecule has 0 saturated carbocycles. The molecule has 1 aliphatic rings. The first kappa shape index (κ1) is 29.1. The molecule has 0 aromatic heterocycles. The van der Waals surface area contributed by atoms with Crippen molar-refractivity contribution in [2.24, 2.45) is 0 Å². The summed E-state index contributed by atoms with van der Waals surface area (Å²) < 4.78 is 22.1. The number of aliphatic hydroxyl groups excluding tert-OH is 1. The first-order valence-electron chi connectivity index (χ1n) is 12.5. The Bertz CT molecular complexity index is 1470. The van der Waals surface area contributed by atoms with E-state index in [1.165, 1.54) is 25.2 Å². The van der Waals surface area contributed by atoms with Crippen molar-refractivity contribution in [1.29, 1.82) is 0 Å². The number of nitrogens with zero attached hydrogens (tertiary/aromatic N) is 1. The van der Waals surface area contributed by atoms with Gasteiger partial charge in [-0.2, -0.15) is 0 Å². The average Bonchev–Trinajstić information content (AvgIpc) is 3.19. The number of carbonyl (C=O) groups excluding carboxylic acids is 2. The van der Waals surface area contributed by atoms with E-state index in [2.05, 4.69) is 0 Å². The number of anilines is 1. The summed E-state index contributed by atoms with van der Waals surface area (Å²) in [6, 6.07) is 14.2. The average molecular weight is 586 g/mol. The maximum absolute atomic E-state index is 13.6. The summed E-state index contributed by atoms with van der Waals surface area (Å²) in [7, 11) is 2.74. The number of hydrogen-bond donors (Lipinski definition) is 1. The van der Waals surface area contributed by atoms with Gasteiger partial charge in [0, 0.05) is 5.69 Å². The van der Waals surface area contributed by atoms with Gasteiger partial charge in [0.05, 0.1) is 49.1 Å². The third-order valence-corrected chi connectivity index (χ3v) is 6.83. The molecule has 40 heavy (non-hydrogen) atoms. The third-order valence-electron chi connectivity index (χ3n) is 6.21. The second kappa shape index (κ2) is 12.1. The van der Waals surface area contributed by atoms with E-state index < -0.39 is 23.5 Å². The second-order valence-corrected chi connectivity index (χ2v) is 9.91. The summed E-state index contributed by atoms with van der Waals surface area (Å²) in [6.07, 6.45) is -0.111. The van der Waals surface area contributed by atoms with E-state index in [0.29, 0.717) is 29.4 Å². The lowest BCUT2D eigenvalue weighted by Crippen LogP contribution is -2.29. The van der Waals surface area contributed by atoms with Gasteiger partial charge in [-0.25, -0.2) is 0 Å². The monoisotopic (exact) mass is 585 g/mol. The van der Waals surface area contributed by atoms with Crippen molar-refractivity contribution < 1.29 is 33.6 Å². The van der Waals surface area contributed by atoms with Gasteiger partial charge in [0.1, 0.15) is 22.3 Å². The molecule has 4 rings (SSSR count). The SMILES string of the molecule is CCOc1ccc(N2C(=O)C(=O)/C(=C(/O)c3cc(Cl)c(OC)c(Cl)c3OC)C2c2cccc(OC(C)C)c2)cc1. The van der Waals surface area contributed by atoms with E-state index in [1.54, 1.807) is 48.5 Å². The van der Waals surface area contributed by atoms with Crippen molar-refractivity contribution in [3.8, 4) is 23.0 Å². The molecule has 1 atom stereocenters. The number of aliphatic hydroxyl groups is 1. The first-order chi connectivity index (χ1) is 19.1. The number of methoxy groups -OCH3 is 2. The molecule has 1 amide bonds. The van der Waals surface area contributed by atoms with Crippen LogP contribution in [0.3, 0.4) is 0 Å². The fourth-order valence-electron chi connectivity index (χ4n) is 4.61. The highest BCUT2D eigenvalue weighted by atomic mass is 35.5. The van der Waals surface area contributed by atoms with Crippen LogP contribution in [0.5, 0.6) is 23.0 Å². The number of benzene rings is 3. The summed E-state index contributed by atoms with van der Waals surface area (Å²) in [5.74, 6) is -0.899. The molecule has 1 N–H and O–H groups in total. The van der Waals surface area contributed by atoms with Gasteiger partial charge in [0.25, 0.3) is 11.7 Å². The number of amides is 1. The lowest BCUT2D eigenvalue weighted by atomic mass is 9.94. The van der Waals surface area contributed by atoms with Gasteiger partial charge in [0.15, 0.2) is 11.5 Å². The molecule has 0 spiro atoms. The minimum absolute atomic E-state index is 0.00340. The van der Waals surface area contributed by atoms with Crippen LogP contribution in [-0.4, -0.2) is 43.7 Å². The van der Waals surface area contributed by atoms with Crippen LogP contribution in [0.2, 0.25) is 10.0 Å². The molecule has 1 unspecified atom stereocenters. The molecule has 3 aromatic rings. The zero-order valence-corrected chi connectivity index (χ0v) is 24.2. The normalized spacial score (nSPS) is 16.4. The van der Waals surface area contributed by atoms with Gasteiger partial charge in [-0.05, 0) is 68.8 Å². The smallest absolute Gasteiger partial charge is 0.300 e. The van der Waals surface area contributed by atoms with Crippen molar-refractivity contribution in [1.82, 2.24) is 0 Å². The minimum atomic E-state index is -1.02. The number of rotatable bonds is 9. The largest absolute Gasteiger partial charge is 0.507 e. The van der Waals surface area contributed by atoms with E-state index in [0.717, 1.165) is 0 Å². The highest BCUT2D eigenvalue weighted by molar-refractivity contribution is 6.52. The fraction of sp³-hybridized carbons (Fsp3) is 0.267. The quantitative estimate of drug-likeness (QED) is 0.167. The number of halogens is 2. The molecule has 0 aliphatic carbocycles. The van der Waals surface area contributed by atoms with Crippen molar-refractivity contribution >= 4 is 46.3 Å². The van der Waals surface area contributed by atoms with Gasteiger partial charge >= 0.3 is 0 Å². The Balaban J connectivity index is 1.98. The van der Waals surface area contributed by atoms with Crippen LogP contribution in [-0.2, 0) is 9.59 Å². The number of ketones is 1. The van der Waals surface area contributed by atoms with Crippen LogP contribution >= 0.6 is 23.2 Å². The fourth-order valence-corrected chi connectivity index (χ4v) is 5.29. The Morgan fingerprint density at radius 2 is 1.65 bits per heavy atom. The highest BCUT2D eigenvalue weighted by Crippen LogP contribution is 2.48. The Morgan fingerprint density at radius 1 is 0.975 bits per heavy atom. The molecule has 1 fully saturated rings. The topological polar surface area (TPSA) is 94.5 Å². The van der Waals surface area contributed by atoms with Crippen LogP contribution in [0.25, 0.3) is 5.76 Å². The number of hydrogen-bond acceptors (Lipinski definition) is 7. The van der Waals surface area contributed by atoms with E-state index >= 15 is 0 Å². The standard InChI is InChI=1S/C30H29Cl2NO7/c1-6-39-19-12-10-18(11-13-19)33-25(17-8-7-9-20(14-17)40-16(2)3)23(27(35)30(33)36)26(34)21-15-22(31)29(38-5)24(32)28(21)37-4/h7-16,25,34H,6H2,1-5H3/b26-23+. The zero-order valence-electron chi connectivity index (χ0n) is 22.7. The number of Topliss-reactive ketones (excluding diaryl/α,β-unsaturated/α-hetero) is 1. The lowest BCUT2D eigenvalue weighted by Gasteiger charge is -2.26. The Kier molecular flexibility index (Phi) is 8.81. The second-order valence-electron chi connectivity index (χ2n) is 9.12.